The maximum absolute atomic E-state index is 13.3. The van der Waals surface area contributed by atoms with Gasteiger partial charge in [-0.05, 0) is 45.4 Å². The molecule has 1 aromatic rings. The van der Waals surface area contributed by atoms with Gasteiger partial charge in [-0.3, -0.25) is 14.4 Å². The van der Waals surface area contributed by atoms with Crippen LogP contribution in [0.3, 0.4) is 0 Å². The van der Waals surface area contributed by atoms with Gasteiger partial charge in [-0.2, -0.15) is 15.2 Å². The van der Waals surface area contributed by atoms with E-state index in [-0.39, 0.29) is 24.0 Å². The molecule has 0 aliphatic carbocycles. The lowest BCUT2D eigenvalue weighted by atomic mass is 10.1. The average molecular weight is 509 g/mol. The van der Waals surface area contributed by atoms with Crippen LogP contribution in [0.15, 0.2) is 0 Å². The minimum absolute atomic E-state index is 0.0408. The molecule has 0 spiro atoms. The van der Waals surface area contributed by atoms with Gasteiger partial charge in [-0.25, -0.2) is 0 Å². The smallest absolute Gasteiger partial charge is 0.245 e. The molecule has 0 N–H and O–H groups in total. The summed E-state index contributed by atoms with van der Waals surface area (Å²) in [6.45, 7) is 7.84. The van der Waals surface area contributed by atoms with Crippen molar-refractivity contribution in [3.63, 3.8) is 0 Å². The summed E-state index contributed by atoms with van der Waals surface area (Å²) in [4.78, 5) is 58.4. The second-order valence-electron chi connectivity index (χ2n) is 10.4. The van der Waals surface area contributed by atoms with Crippen molar-refractivity contribution in [2.75, 3.05) is 73.6 Å². The zero-order chi connectivity index (χ0) is 25.9. The van der Waals surface area contributed by atoms with Crippen molar-refractivity contribution < 1.29 is 14.4 Å². The monoisotopic (exact) mass is 508 g/mol. The highest BCUT2D eigenvalue weighted by molar-refractivity contribution is 6.04. The van der Waals surface area contributed by atoms with Gasteiger partial charge in [0.2, 0.25) is 17.8 Å². The standard InChI is InChI=1S/C26H36N8O3/c1-19(35)22-23(30-10-2-3-11-30)28-26(33-12-4-5-13-33)29-24(22)31-15-17-32(18-16-31)25(37)20-7-6-14-34(20)21(36)8-9-27/h20H,2-8,10-18H2,1H3. The number of rotatable bonds is 6. The molecule has 37 heavy (non-hydrogen) atoms. The predicted molar refractivity (Wildman–Crippen MR) is 139 cm³/mol. The lowest BCUT2D eigenvalue weighted by molar-refractivity contribution is -0.143. The van der Waals surface area contributed by atoms with Gasteiger partial charge in [-0.15, -0.1) is 0 Å². The molecule has 4 fully saturated rings. The SMILES string of the molecule is CC(=O)c1c(N2CCCC2)nc(N2CCCC2)nc1N1CCN(C(=O)C2CCCN2C(=O)CC#N)CC1. The molecule has 11 heteroatoms. The van der Waals surface area contributed by atoms with E-state index >= 15 is 0 Å². The number of anilines is 3. The van der Waals surface area contributed by atoms with Crippen LogP contribution in [-0.2, 0) is 9.59 Å². The molecule has 5 rings (SSSR count). The van der Waals surface area contributed by atoms with E-state index in [0.717, 1.165) is 64.1 Å². The summed E-state index contributed by atoms with van der Waals surface area (Å²) in [6.07, 6.45) is 5.61. The maximum Gasteiger partial charge on any atom is 0.245 e. The second kappa shape index (κ2) is 10.9. The lowest BCUT2D eigenvalue weighted by Crippen LogP contribution is -2.54. The first-order chi connectivity index (χ1) is 18.0. The quantitative estimate of drug-likeness (QED) is 0.526. The van der Waals surface area contributed by atoms with Gasteiger partial charge in [0, 0.05) is 58.9 Å². The van der Waals surface area contributed by atoms with E-state index in [2.05, 4.69) is 14.7 Å². The first-order valence-electron chi connectivity index (χ1n) is 13.6. The summed E-state index contributed by atoms with van der Waals surface area (Å²) in [5, 5.41) is 8.91. The Morgan fingerprint density at radius 1 is 0.811 bits per heavy atom. The van der Waals surface area contributed by atoms with Crippen LogP contribution in [0.2, 0.25) is 0 Å². The Morgan fingerprint density at radius 2 is 1.38 bits per heavy atom. The predicted octanol–water partition coefficient (Wildman–Crippen LogP) is 1.43. The molecule has 11 nitrogen and oxygen atoms in total. The van der Waals surface area contributed by atoms with Gasteiger partial charge in [0.05, 0.1) is 6.07 Å². The molecule has 2 amide bonds. The van der Waals surface area contributed by atoms with Gasteiger partial charge < -0.3 is 24.5 Å². The highest BCUT2D eigenvalue weighted by Gasteiger charge is 2.38. The van der Waals surface area contributed by atoms with Crippen molar-refractivity contribution >= 4 is 35.2 Å². The Bertz CT molecular complexity index is 1080. The Morgan fingerprint density at radius 3 is 1.95 bits per heavy atom. The molecule has 1 unspecified atom stereocenters. The number of likely N-dealkylation sites (tertiary alicyclic amines) is 1. The third-order valence-electron chi connectivity index (χ3n) is 7.98. The summed E-state index contributed by atoms with van der Waals surface area (Å²) in [5.74, 6) is 1.75. The molecular weight excluding hydrogens is 472 g/mol. The van der Waals surface area contributed by atoms with E-state index in [1.807, 2.05) is 11.0 Å². The molecule has 0 bridgehead atoms. The number of ketones is 1. The van der Waals surface area contributed by atoms with E-state index < -0.39 is 6.04 Å². The number of amides is 2. The minimum Gasteiger partial charge on any atom is -0.356 e. The third-order valence-corrected chi connectivity index (χ3v) is 7.98. The van der Waals surface area contributed by atoms with Crippen LogP contribution in [0.25, 0.3) is 0 Å². The number of piperazine rings is 1. The first kappa shape index (κ1) is 25.2. The Labute approximate surface area is 218 Å². The number of Topliss-reactive ketones (excluding diaryl/α,β-unsaturated/α-hetero) is 1. The van der Waals surface area contributed by atoms with E-state index in [9.17, 15) is 14.4 Å². The molecule has 0 radical (unpaired) electrons. The van der Waals surface area contributed by atoms with Crippen molar-refractivity contribution in [1.82, 2.24) is 19.8 Å². The topological polar surface area (TPSA) is 117 Å². The fourth-order valence-electron chi connectivity index (χ4n) is 6.03. The molecule has 1 aromatic heterocycles. The number of carbonyl (C=O) groups excluding carboxylic acids is 3. The zero-order valence-corrected chi connectivity index (χ0v) is 21.7. The van der Waals surface area contributed by atoms with Gasteiger partial charge in [-0.1, -0.05) is 0 Å². The van der Waals surface area contributed by atoms with Crippen LogP contribution in [0.1, 0.15) is 62.2 Å². The molecule has 4 aliphatic rings. The number of hydrogen-bond acceptors (Lipinski definition) is 9. The number of hydrogen-bond donors (Lipinski definition) is 0. The molecule has 4 aliphatic heterocycles. The summed E-state index contributed by atoms with van der Waals surface area (Å²) in [7, 11) is 0. The lowest BCUT2D eigenvalue weighted by Gasteiger charge is -2.38. The van der Waals surface area contributed by atoms with Crippen LogP contribution in [0, 0.1) is 11.3 Å². The van der Waals surface area contributed by atoms with Gasteiger partial charge in [0.15, 0.2) is 5.78 Å². The normalized spacial score (nSPS) is 22.1. The maximum atomic E-state index is 13.3. The number of aromatic nitrogens is 2. The fraction of sp³-hybridized carbons (Fsp3) is 0.692. The largest absolute Gasteiger partial charge is 0.356 e. The zero-order valence-electron chi connectivity index (χ0n) is 21.7. The minimum atomic E-state index is -0.484. The van der Waals surface area contributed by atoms with Crippen molar-refractivity contribution in [3.05, 3.63) is 5.56 Å². The second-order valence-corrected chi connectivity index (χ2v) is 10.4. The summed E-state index contributed by atoms with van der Waals surface area (Å²) in [6, 6.07) is 1.42. The third kappa shape index (κ3) is 5.06. The van der Waals surface area contributed by atoms with Gasteiger partial charge >= 0.3 is 0 Å². The van der Waals surface area contributed by atoms with Gasteiger partial charge in [0.1, 0.15) is 29.7 Å². The fourth-order valence-corrected chi connectivity index (χ4v) is 6.03. The van der Waals surface area contributed by atoms with Crippen molar-refractivity contribution in [2.24, 2.45) is 0 Å². The molecule has 0 aromatic carbocycles. The summed E-state index contributed by atoms with van der Waals surface area (Å²) in [5.41, 5.74) is 0.577. The Kier molecular flexibility index (Phi) is 7.44. The number of nitriles is 1. The van der Waals surface area contributed by atoms with Crippen molar-refractivity contribution in [2.45, 2.75) is 57.9 Å². The highest BCUT2D eigenvalue weighted by Crippen LogP contribution is 2.34. The van der Waals surface area contributed by atoms with Crippen LogP contribution < -0.4 is 14.7 Å². The van der Waals surface area contributed by atoms with Crippen LogP contribution in [-0.4, -0.2) is 102 Å². The van der Waals surface area contributed by atoms with Crippen molar-refractivity contribution in [3.8, 4) is 6.07 Å². The van der Waals surface area contributed by atoms with Gasteiger partial charge in [0.25, 0.3) is 0 Å². The summed E-state index contributed by atoms with van der Waals surface area (Å²) >= 11 is 0. The Balaban J connectivity index is 1.37. The molecule has 1 atom stereocenters. The van der Waals surface area contributed by atoms with E-state index in [4.69, 9.17) is 15.2 Å². The Hall–Kier alpha value is -3.42. The van der Waals surface area contributed by atoms with E-state index in [1.54, 1.807) is 11.8 Å². The molecule has 198 valence electrons. The number of nitrogens with zero attached hydrogens (tertiary/aromatic N) is 8. The summed E-state index contributed by atoms with van der Waals surface area (Å²) < 4.78 is 0. The number of carbonyl (C=O) groups is 3. The highest BCUT2D eigenvalue weighted by atomic mass is 16.2. The molecule has 4 saturated heterocycles. The van der Waals surface area contributed by atoms with Crippen LogP contribution >= 0.6 is 0 Å². The first-order valence-corrected chi connectivity index (χ1v) is 13.6. The van der Waals surface area contributed by atoms with Crippen LogP contribution in [0.5, 0.6) is 0 Å². The molecule has 5 heterocycles. The van der Waals surface area contributed by atoms with Crippen molar-refractivity contribution in [1.29, 1.82) is 5.26 Å². The van der Waals surface area contributed by atoms with Crippen LogP contribution in [0.4, 0.5) is 17.6 Å². The van der Waals surface area contributed by atoms with E-state index in [0.29, 0.717) is 56.5 Å². The van der Waals surface area contributed by atoms with E-state index in [1.165, 1.54) is 0 Å². The molecule has 0 saturated carbocycles. The average Bonchev–Trinajstić information content (AvgIpc) is 3.70. The molecular formula is C26H36N8O3.